The number of aryl methyl sites for hydroxylation is 2. The van der Waals surface area contributed by atoms with Gasteiger partial charge in [0, 0.05) is 18.6 Å². The molecule has 0 saturated carbocycles. The lowest BCUT2D eigenvalue weighted by atomic mass is 9.71. The van der Waals surface area contributed by atoms with Crippen molar-refractivity contribution < 1.29 is 36.0 Å². The second-order valence-electron chi connectivity index (χ2n) is 10.6. The van der Waals surface area contributed by atoms with E-state index in [1.54, 1.807) is 18.2 Å². The molecule has 1 amide bonds. The first-order valence-electron chi connectivity index (χ1n) is 13.2. The predicted molar refractivity (Wildman–Crippen MR) is 152 cm³/mol. The molecule has 4 rings (SSSR count). The SMILES string of the molecule is COc1cc(OCCOS(C)(=O)=O)cc(OC)c1NC(=O)c1ccc(Cc2cc3c(cc2C)CCCC3(C)C)o1. The number of rotatable bonds is 11. The summed E-state index contributed by atoms with van der Waals surface area (Å²) in [4.78, 5) is 13.1. The lowest BCUT2D eigenvalue weighted by Crippen LogP contribution is -2.24. The van der Waals surface area contributed by atoms with Crippen LogP contribution >= 0.6 is 0 Å². The van der Waals surface area contributed by atoms with Gasteiger partial charge >= 0.3 is 0 Å². The van der Waals surface area contributed by atoms with Gasteiger partial charge in [0.05, 0.1) is 20.5 Å². The van der Waals surface area contributed by atoms with Crippen molar-refractivity contribution in [3.05, 3.63) is 70.2 Å². The molecule has 0 spiro atoms. The van der Waals surface area contributed by atoms with Crippen molar-refractivity contribution in [1.29, 1.82) is 0 Å². The largest absolute Gasteiger partial charge is 0.494 e. The lowest BCUT2D eigenvalue weighted by molar-refractivity contribution is 0.0994. The molecule has 1 heterocycles. The fourth-order valence-corrected chi connectivity index (χ4v) is 5.46. The zero-order valence-corrected chi connectivity index (χ0v) is 24.7. The summed E-state index contributed by atoms with van der Waals surface area (Å²) in [5.74, 6) is 1.35. The minimum Gasteiger partial charge on any atom is -0.494 e. The van der Waals surface area contributed by atoms with Gasteiger partial charge in [-0.1, -0.05) is 26.0 Å². The first-order valence-corrected chi connectivity index (χ1v) is 15.0. The number of furan rings is 1. The summed E-state index contributed by atoms with van der Waals surface area (Å²) in [6, 6.07) is 11.2. The first kappa shape index (κ1) is 29.5. The van der Waals surface area contributed by atoms with Crippen LogP contribution in [0, 0.1) is 6.92 Å². The highest BCUT2D eigenvalue weighted by atomic mass is 32.2. The maximum Gasteiger partial charge on any atom is 0.291 e. The summed E-state index contributed by atoms with van der Waals surface area (Å²) in [6.07, 6.45) is 5.05. The Labute approximate surface area is 235 Å². The monoisotopic (exact) mass is 571 g/mol. The van der Waals surface area contributed by atoms with E-state index >= 15 is 0 Å². The molecule has 0 bridgehead atoms. The molecule has 3 aromatic rings. The minimum atomic E-state index is -3.56. The molecule has 1 aromatic heterocycles. The molecule has 0 fully saturated rings. The zero-order chi connectivity index (χ0) is 29.1. The van der Waals surface area contributed by atoms with Crippen LogP contribution in [-0.4, -0.2) is 48.0 Å². The summed E-state index contributed by atoms with van der Waals surface area (Å²) < 4.78 is 49.4. The molecule has 0 atom stereocenters. The Bertz CT molecular complexity index is 1460. The maximum atomic E-state index is 13.1. The number of amides is 1. The van der Waals surface area contributed by atoms with Crippen molar-refractivity contribution in [1.82, 2.24) is 0 Å². The minimum absolute atomic E-state index is 0.0125. The number of fused-ring (bicyclic) bond motifs is 1. The van der Waals surface area contributed by atoms with Gasteiger partial charge in [-0.3, -0.25) is 8.98 Å². The normalized spacial score (nSPS) is 14.3. The highest BCUT2D eigenvalue weighted by Crippen LogP contribution is 2.40. The number of methoxy groups -OCH3 is 2. The molecule has 9 nitrogen and oxygen atoms in total. The van der Waals surface area contributed by atoms with E-state index < -0.39 is 16.0 Å². The fraction of sp³-hybridized carbons (Fsp3) is 0.433. The third-order valence-electron chi connectivity index (χ3n) is 7.16. The van der Waals surface area contributed by atoms with Crippen LogP contribution in [0.25, 0.3) is 0 Å². The van der Waals surface area contributed by atoms with Crippen LogP contribution in [0.15, 0.2) is 40.8 Å². The number of ether oxygens (including phenoxy) is 3. The van der Waals surface area contributed by atoms with E-state index in [-0.39, 0.29) is 24.4 Å². The molecule has 2 aromatic carbocycles. The van der Waals surface area contributed by atoms with Gasteiger partial charge in [-0.05, 0) is 66.0 Å². The second-order valence-corrected chi connectivity index (χ2v) is 12.3. The predicted octanol–water partition coefficient (Wildman–Crippen LogP) is 5.42. The van der Waals surface area contributed by atoms with E-state index in [1.165, 1.54) is 49.3 Å². The number of carbonyl (C=O) groups excluding carboxylic acids is 1. The first-order chi connectivity index (χ1) is 18.9. The van der Waals surface area contributed by atoms with Gasteiger partial charge in [0.15, 0.2) is 5.76 Å². The van der Waals surface area contributed by atoms with Gasteiger partial charge in [0.25, 0.3) is 16.0 Å². The second kappa shape index (κ2) is 11.9. The van der Waals surface area contributed by atoms with Crippen molar-refractivity contribution in [2.24, 2.45) is 0 Å². The smallest absolute Gasteiger partial charge is 0.291 e. The average Bonchev–Trinajstić information content (AvgIpc) is 3.36. The Hall–Kier alpha value is -3.50. The molecule has 1 aliphatic rings. The maximum absolute atomic E-state index is 13.1. The Kier molecular flexibility index (Phi) is 8.80. The highest BCUT2D eigenvalue weighted by molar-refractivity contribution is 7.85. The van der Waals surface area contributed by atoms with E-state index in [9.17, 15) is 13.2 Å². The summed E-state index contributed by atoms with van der Waals surface area (Å²) in [5.41, 5.74) is 5.69. The quantitative estimate of drug-likeness (QED) is 0.240. The third kappa shape index (κ3) is 6.98. The third-order valence-corrected chi connectivity index (χ3v) is 7.75. The molecule has 0 saturated heterocycles. The van der Waals surface area contributed by atoms with E-state index in [2.05, 4.69) is 42.4 Å². The molecule has 216 valence electrons. The van der Waals surface area contributed by atoms with Crippen LogP contribution in [0.5, 0.6) is 17.2 Å². The van der Waals surface area contributed by atoms with Crippen LogP contribution in [0.2, 0.25) is 0 Å². The van der Waals surface area contributed by atoms with Gasteiger partial charge in [-0.2, -0.15) is 8.42 Å². The van der Waals surface area contributed by atoms with Crippen LogP contribution in [0.1, 0.15) is 65.3 Å². The number of anilines is 1. The standard InChI is InChI=1S/C30H37NO8S/c1-19-14-20-8-7-11-30(2,3)24(20)16-21(19)15-22-9-10-25(39-22)29(32)31-28-26(35-4)17-23(18-27(28)36-5)37-12-13-38-40(6,33)34/h9-10,14,16-18H,7-8,11-13,15H2,1-6H3,(H,31,32). The van der Waals surface area contributed by atoms with E-state index in [0.717, 1.165) is 12.7 Å². The number of benzene rings is 2. The molecular formula is C30H37NO8S. The van der Waals surface area contributed by atoms with Gasteiger partial charge in [-0.25, -0.2) is 0 Å². The summed E-state index contributed by atoms with van der Waals surface area (Å²) in [5, 5.41) is 2.81. The van der Waals surface area contributed by atoms with Gasteiger partial charge in [0.1, 0.15) is 41.9 Å². The topological polar surface area (TPSA) is 113 Å². The van der Waals surface area contributed by atoms with Crippen LogP contribution in [0.4, 0.5) is 5.69 Å². The molecule has 1 aliphatic carbocycles. The van der Waals surface area contributed by atoms with Crippen molar-refractivity contribution in [2.45, 2.75) is 51.9 Å². The van der Waals surface area contributed by atoms with Crippen LogP contribution < -0.4 is 19.5 Å². The van der Waals surface area contributed by atoms with Crippen molar-refractivity contribution in [2.75, 3.05) is 39.0 Å². The highest BCUT2D eigenvalue weighted by Gasteiger charge is 2.28. The Morgan fingerprint density at radius 3 is 2.40 bits per heavy atom. The van der Waals surface area contributed by atoms with Gasteiger partial charge in [0.2, 0.25) is 0 Å². The molecule has 0 radical (unpaired) electrons. The molecule has 0 unspecified atom stereocenters. The van der Waals surface area contributed by atoms with Gasteiger partial charge in [-0.15, -0.1) is 0 Å². The van der Waals surface area contributed by atoms with E-state index in [1.807, 2.05) is 6.07 Å². The summed E-state index contributed by atoms with van der Waals surface area (Å²) in [6.45, 7) is 6.56. The summed E-state index contributed by atoms with van der Waals surface area (Å²) in [7, 11) is -0.658. The fourth-order valence-electron chi connectivity index (χ4n) is 5.09. The van der Waals surface area contributed by atoms with Gasteiger partial charge < -0.3 is 23.9 Å². The summed E-state index contributed by atoms with van der Waals surface area (Å²) >= 11 is 0. The zero-order valence-electron chi connectivity index (χ0n) is 23.9. The molecule has 10 heteroatoms. The average molecular weight is 572 g/mol. The number of hydrogen-bond acceptors (Lipinski definition) is 8. The molecule has 40 heavy (non-hydrogen) atoms. The van der Waals surface area contributed by atoms with Crippen LogP contribution in [0.3, 0.4) is 0 Å². The Morgan fingerprint density at radius 2 is 1.75 bits per heavy atom. The van der Waals surface area contributed by atoms with E-state index in [0.29, 0.717) is 35.1 Å². The van der Waals surface area contributed by atoms with Crippen molar-refractivity contribution in [3.63, 3.8) is 0 Å². The lowest BCUT2D eigenvalue weighted by Gasteiger charge is -2.33. The number of carbonyl (C=O) groups is 1. The number of nitrogens with one attached hydrogen (secondary N) is 1. The molecule has 1 N–H and O–H groups in total. The molecule has 0 aliphatic heterocycles. The molecular weight excluding hydrogens is 534 g/mol. The van der Waals surface area contributed by atoms with Crippen LogP contribution in [-0.2, 0) is 32.6 Å². The Balaban J connectivity index is 1.48. The number of hydrogen-bond donors (Lipinski definition) is 1. The Morgan fingerprint density at radius 1 is 1.05 bits per heavy atom. The van der Waals surface area contributed by atoms with E-state index in [4.69, 9.17) is 18.6 Å². The van der Waals surface area contributed by atoms with Crippen molar-refractivity contribution >= 4 is 21.7 Å². The van der Waals surface area contributed by atoms with Crippen molar-refractivity contribution in [3.8, 4) is 17.2 Å².